The molecule has 22 heavy (non-hydrogen) atoms. The minimum absolute atomic E-state index is 0.274. The SMILES string of the molecule is O=C(/C=C/c1cnc2nc[n]([Tl])c2c1)OCc1ccccc1. The molecular weight excluding hydrogens is 471 g/mol. The van der Waals surface area contributed by atoms with Gasteiger partial charge in [-0.05, 0) is 0 Å². The molecule has 0 unspecified atom stereocenters. The number of hydrogen-bond donors (Lipinski definition) is 0. The predicted octanol–water partition coefficient (Wildman–Crippen LogP) is 2.12. The molecule has 3 rings (SSSR count). The van der Waals surface area contributed by atoms with Crippen molar-refractivity contribution in [2.75, 3.05) is 0 Å². The number of nitrogens with zero attached hydrogens (tertiary/aromatic N) is 3. The number of hydrogen-bond acceptors (Lipinski definition) is 4. The number of ether oxygens (including phenoxy) is 1. The van der Waals surface area contributed by atoms with Crippen LogP contribution in [0.4, 0.5) is 0 Å². The van der Waals surface area contributed by atoms with E-state index in [4.69, 9.17) is 4.74 Å². The Bertz CT molecular complexity index is 828. The van der Waals surface area contributed by atoms with Gasteiger partial charge in [0.25, 0.3) is 0 Å². The standard InChI is InChI=1S/C16H13N3O2.Tl/c20-15(21-10-12-4-2-1-3-5-12)7-6-13-8-14-16(17-9-13)19-11-18-14;/h1-9,11H,10H2,(H,17,18,19,20);/q;+1/p-1. The Balaban J connectivity index is 1.64. The zero-order chi connectivity index (χ0) is 15.4. The van der Waals surface area contributed by atoms with Crippen LogP contribution >= 0.6 is 0 Å². The molecule has 2 heterocycles. The number of carbonyl (C=O) groups excluding carboxylic acids is 1. The molecular formula is C16H12N3O2Tl. The monoisotopic (exact) mass is 483 g/mol. The van der Waals surface area contributed by atoms with Crippen molar-refractivity contribution in [2.24, 2.45) is 0 Å². The van der Waals surface area contributed by atoms with Crippen molar-refractivity contribution in [1.29, 1.82) is 0 Å². The van der Waals surface area contributed by atoms with E-state index in [-0.39, 0.29) is 12.6 Å². The van der Waals surface area contributed by atoms with E-state index in [0.717, 1.165) is 22.3 Å². The van der Waals surface area contributed by atoms with Gasteiger partial charge in [-0.25, -0.2) is 0 Å². The summed E-state index contributed by atoms with van der Waals surface area (Å²) in [6.45, 7) is 0.274. The van der Waals surface area contributed by atoms with Crippen LogP contribution in [-0.2, 0) is 16.1 Å². The summed E-state index contributed by atoms with van der Waals surface area (Å²) in [5.41, 5.74) is 3.54. The van der Waals surface area contributed by atoms with Crippen LogP contribution in [0.25, 0.3) is 17.2 Å². The Morgan fingerprint density at radius 1 is 1.27 bits per heavy atom. The Morgan fingerprint density at radius 3 is 2.91 bits per heavy atom. The molecule has 3 aromatic rings. The van der Waals surface area contributed by atoms with Crippen LogP contribution < -0.4 is 0 Å². The third-order valence-electron chi connectivity index (χ3n) is 3.09. The van der Waals surface area contributed by atoms with Gasteiger partial charge >= 0.3 is 138 Å². The molecule has 0 saturated heterocycles. The second kappa shape index (κ2) is 6.82. The number of carbonyl (C=O) groups is 1. The quantitative estimate of drug-likeness (QED) is 0.325. The summed E-state index contributed by atoms with van der Waals surface area (Å²) >= 11 is 0.631. The number of fused-ring (bicyclic) bond motifs is 1. The van der Waals surface area contributed by atoms with Crippen molar-refractivity contribution in [3.05, 3.63) is 66.1 Å². The minimum atomic E-state index is -0.370. The molecule has 0 bridgehead atoms. The van der Waals surface area contributed by atoms with Crippen molar-refractivity contribution in [1.82, 2.24) is 12.3 Å². The first-order valence-electron chi connectivity index (χ1n) is 6.69. The van der Waals surface area contributed by atoms with Crippen molar-refractivity contribution in [3.63, 3.8) is 0 Å². The zero-order valence-electron chi connectivity index (χ0n) is 11.7. The van der Waals surface area contributed by atoms with Crippen LogP contribution in [0.5, 0.6) is 0 Å². The fourth-order valence-corrected chi connectivity index (χ4v) is 2.96. The number of esters is 1. The van der Waals surface area contributed by atoms with Gasteiger partial charge in [0.2, 0.25) is 0 Å². The number of pyridine rings is 1. The number of aromatic nitrogens is 3. The van der Waals surface area contributed by atoms with Crippen LogP contribution in [0.15, 0.2) is 55.0 Å². The third-order valence-corrected chi connectivity index (χ3v) is 4.69. The Labute approximate surface area is 143 Å². The first-order chi connectivity index (χ1) is 10.7. The fraction of sp³-hybridized carbons (Fsp3) is 0.0625. The van der Waals surface area contributed by atoms with Crippen LogP contribution in [0.3, 0.4) is 0 Å². The van der Waals surface area contributed by atoms with Crippen LogP contribution in [-0.4, -0.2) is 44.4 Å². The first kappa shape index (κ1) is 14.9. The molecule has 106 valence electrons. The van der Waals surface area contributed by atoms with Gasteiger partial charge in [-0.1, -0.05) is 6.07 Å². The maximum atomic E-state index is 11.7. The van der Waals surface area contributed by atoms with Crippen LogP contribution in [0.1, 0.15) is 11.1 Å². The van der Waals surface area contributed by atoms with Crippen molar-refractivity contribution in [2.45, 2.75) is 6.61 Å². The van der Waals surface area contributed by atoms with E-state index in [1.54, 1.807) is 18.6 Å². The summed E-state index contributed by atoms with van der Waals surface area (Å²) in [7, 11) is 0. The van der Waals surface area contributed by atoms with E-state index < -0.39 is 0 Å². The van der Waals surface area contributed by atoms with Crippen LogP contribution in [0, 0.1) is 0 Å². The van der Waals surface area contributed by atoms with E-state index >= 15 is 0 Å². The summed E-state index contributed by atoms with van der Waals surface area (Å²) in [5.74, 6) is -0.370. The molecule has 0 atom stereocenters. The summed E-state index contributed by atoms with van der Waals surface area (Å²) < 4.78 is 7.24. The van der Waals surface area contributed by atoms with Gasteiger partial charge in [-0.15, -0.1) is 0 Å². The maximum absolute atomic E-state index is 11.7. The summed E-state index contributed by atoms with van der Waals surface area (Å²) in [6, 6.07) is 11.6. The van der Waals surface area contributed by atoms with E-state index in [2.05, 4.69) is 9.97 Å². The average molecular weight is 483 g/mol. The first-order valence-corrected chi connectivity index (χ1v) is 8.70. The predicted molar refractivity (Wildman–Crippen MR) is 84.0 cm³/mol. The Hall–Kier alpha value is -2.03. The van der Waals surface area contributed by atoms with E-state index in [9.17, 15) is 4.79 Å². The van der Waals surface area contributed by atoms with Gasteiger partial charge in [-0.3, -0.25) is 0 Å². The molecule has 0 spiro atoms. The second-order valence-electron chi connectivity index (χ2n) is 4.69. The molecule has 0 amide bonds. The van der Waals surface area contributed by atoms with Gasteiger partial charge in [0.15, 0.2) is 0 Å². The molecule has 0 N–H and O–H groups in total. The molecule has 2 aromatic heterocycles. The molecule has 6 heteroatoms. The van der Waals surface area contributed by atoms with Gasteiger partial charge in [0, 0.05) is 0 Å². The third kappa shape index (κ3) is 3.59. The van der Waals surface area contributed by atoms with Gasteiger partial charge in [0.1, 0.15) is 0 Å². The summed E-state index contributed by atoms with van der Waals surface area (Å²) in [6.07, 6.45) is 6.60. The topological polar surface area (TPSA) is 57.0 Å². The molecule has 0 fully saturated rings. The second-order valence-corrected chi connectivity index (χ2v) is 6.85. The zero-order valence-corrected chi connectivity index (χ0v) is 16.2. The summed E-state index contributed by atoms with van der Waals surface area (Å²) in [5, 5.41) is 0. The van der Waals surface area contributed by atoms with E-state index in [1.807, 2.05) is 38.8 Å². The molecule has 1 aromatic carbocycles. The summed E-state index contributed by atoms with van der Waals surface area (Å²) in [4.78, 5) is 20.2. The van der Waals surface area contributed by atoms with E-state index in [1.165, 1.54) is 6.08 Å². The van der Waals surface area contributed by atoms with Crippen molar-refractivity contribution < 1.29 is 9.53 Å². The van der Waals surface area contributed by atoms with Crippen molar-refractivity contribution in [3.8, 4) is 0 Å². The molecule has 0 aliphatic rings. The molecule has 0 aliphatic carbocycles. The van der Waals surface area contributed by atoms with Crippen LogP contribution in [0.2, 0.25) is 0 Å². The molecule has 0 saturated carbocycles. The van der Waals surface area contributed by atoms with Gasteiger partial charge in [-0.2, -0.15) is 0 Å². The average Bonchev–Trinajstić information content (AvgIpc) is 2.93. The van der Waals surface area contributed by atoms with Gasteiger partial charge in [0.05, 0.1) is 0 Å². The normalized spacial score (nSPS) is 11.0. The number of benzene rings is 1. The molecule has 0 radical (unpaired) electrons. The Morgan fingerprint density at radius 2 is 2.09 bits per heavy atom. The fourth-order valence-electron chi connectivity index (χ4n) is 1.96. The van der Waals surface area contributed by atoms with Crippen molar-refractivity contribution >= 4 is 49.3 Å². The van der Waals surface area contributed by atoms with E-state index in [0.29, 0.717) is 26.1 Å². The Kier molecular flexibility index (Phi) is 4.62. The number of imidazole rings is 1. The van der Waals surface area contributed by atoms with Gasteiger partial charge < -0.3 is 0 Å². The molecule has 5 nitrogen and oxygen atoms in total. The number of rotatable bonds is 4. The molecule has 0 aliphatic heterocycles.